The quantitative estimate of drug-likeness (QED) is 0.150. The number of allylic oxidation sites excluding steroid dienone is 2. The lowest BCUT2D eigenvalue weighted by molar-refractivity contribution is -0.211. The van der Waals surface area contributed by atoms with Gasteiger partial charge in [0.15, 0.2) is 5.78 Å². The van der Waals surface area contributed by atoms with Crippen LogP contribution in [0.3, 0.4) is 0 Å². The number of rotatable bonds is 9. The highest BCUT2D eigenvalue weighted by atomic mass is 32.2. The summed E-state index contributed by atoms with van der Waals surface area (Å²) < 4.78 is 16.9. The highest BCUT2D eigenvalue weighted by Crippen LogP contribution is 2.75. The third-order valence-corrected chi connectivity index (χ3v) is 16.5. The molecule has 0 unspecified atom stereocenters. The standard InChI is InChI=1S/C45H63NO7S/c1-40(2)34-16-20-45(7)37(43(34,5)19-17-35(40)53-38(49)32(46)18-25-54-9)33(47)26-30-31-27-42(4,22-21-41(31,3)23-24-44(30,45)6)39(50)52-29-13-10-28(11-14-29)12-15-36(48)51-8/h10-15,26,31-32,34-35,37H,16-25,27,46H2,1-9H3/b15-12+/t31-,32+,34+,35+,37-,41-,42+,43+,44-,45-/m1/s1. The molecule has 54 heavy (non-hydrogen) atoms. The number of nitrogens with two attached hydrogens (primary N) is 1. The molecule has 4 fully saturated rings. The minimum absolute atomic E-state index is 0.00390. The highest BCUT2D eigenvalue weighted by Gasteiger charge is 2.70. The summed E-state index contributed by atoms with van der Waals surface area (Å²) in [7, 11) is 1.34. The highest BCUT2D eigenvalue weighted by molar-refractivity contribution is 7.98. The zero-order chi connectivity index (χ0) is 39.5. The van der Waals surface area contributed by atoms with Gasteiger partial charge < -0.3 is 19.9 Å². The second-order valence-electron chi connectivity index (χ2n) is 19.2. The first-order valence-corrected chi connectivity index (χ1v) is 21.5. The molecule has 2 N–H and O–H groups in total. The van der Waals surface area contributed by atoms with Crippen LogP contribution < -0.4 is 10.5 Å². The Morgan fingerprint density at radius 1 is 0.944 bits per heavy atom. The van der Waals surface area contributed by atoms with E-state index in [0.29, 0.717) is 18.6 Å². The van der Waals surface area contributed by atoms with Gasteiger partial charge in [0, 0.05) is 17.4 Å². The van der Waals surface area contributed by atoms with Crippen molar-refractivity contribution in [3.8, 4) is 5.75 Å². The van der Waals surface area contributed by atoms with E-state index < -0.39 is 17.4 Å². The third kappa shape index (κ3) is 6.71. The van der Waals surface area contributed by atoms with E-state index in [1.54, 1.807) is 30.0 Å². The molecule has 5 aliphatic rings. The summed E-state index contributed by atoms with van der Waals surface area (Å²) in [6.07, 6.45) is 15.3. The number of esters is 3. The zero-order valence-corrected chi connectivity index (χ0v) is 34.9. The molecule has 10 atom stereocenters. The van der Waals surface area contributed by atoms with E-state index in [2.05, 4.69) is 46.3 Å². The molecular formula is C45H63NO7S. The number of fused-ring (bicyclic) bond motifs is 7. The Balaban J connectivity index is 1.24. The van der Waals surface area contributed by atoms with Crippen LogP contribution in [0.15, 0.2) is 42.0 Å². The first-order valence-electron chi connectivity index (χ1n) is 20.1. The van der Waals surface area contributed by atoms with Crippen LogP contribution in [0.2, 0.25) is 0 Å². The molecule has 0 aliphatic heterocycles. The van der Waals surface area contributed by atoms with Gasteiger partial charge in [-0.15, -0.1) is 0 Å². The fraction of sp³-hybridized carbons (Fsp3) is 0.689. The van der Waals surface area contributed by atoms with Crippen LogP contribution in [0.4, 0.5) is 0 Å². The summed E-state index contributed by atoms with van der Waals surface area (Å²) in [5, 5.41) is 0. The molecule has 0 saturated heterocycles. The molecule has 8 nitrogen and oxygen atoms in total. The fourth-order valence-electron chi connectivity index (χ4n) is 12.3. The van der Waals surface area contributed by atoms with Crippen LogP contribution in [0.1, 0.15) is 118 Å². The summed E-state index contributed by atoms with van der Waals surface area (Å²) in [6.45, 7) is 16.1. The van der Waals surface area contributed by atoms with Crippen molar-refractivity contribution in [2.24, 2.45) is 56.0 Å². The Bertz CT molecular complexity index is 1720. The summed E-state index contributed by atoms with van der Waals surface area (Å²) in [4.78, 5) is 53.5. The molecule has 0 aromatic heterocycles. The lowest BCUT2D eigenvalue weighted by Crippen LogP contribution is -2.67. The molecule has 0 heterocycles. The van der Waals surface area contributed by atoms with Crippen LogP contribution in [-0.2, 0) is 28.7 Å². The molecule has 0 radical (unpaired) electrons. The molecule has 1 aromatic rings. The molecule has 296 valence electrons. The maximum Gasteiger partial charge on any atom is 0.330 e. The maximum atomic E-state index is 14.9. The maximum absolute atomic E-state index is 14.9. The molecule has 1 aromatic carbocycles. The van der Waals surface area contributed by atoms with Gasteiger partial charge in [-0.05, 0) is 146 Å². The van der Waals surface area contributed by atoms with E-state index in [1.807, 2.05) is 31.4 Å². The van der Waals surface area contributed by atoms with Gasteiger partial charge in [-0.3, -0.25) is 14.4 Å². The van der Waals surface area contributed by atoms with E-state index in [4.69, 9.17) is 15.2 Å². The molecule has 4 saturated carbocycles. The molecule has 5 aliphatic carbocycles. The average molecular weight is 762 g/mol. The van der Waals surface area contributed by atoms with Gasteiger partial charge in [0.2, 0.25) is 0 Å². The van der Waals surface area contributed by atoms with Gasteiger partial charge >= 0.3 is 17.9 Å². The van der Waals surface area contributed by atoms with Gasteiger partial charge in [0.1, 0.15) is 17.9 Å². The number of thioether (sulfide) groups is 1. The Labute approximate surface area is 327 Å². The van der Waals surface area contributed by atoms with Crippen molar-refractivity contribution in [2.45, 2.75) is 125 Å². The third-order valence-electron chi connectivity index (χ3n) is 15.9. The molecule has 6 rings (SSSR count). The van der Waals surface area contributed by atoms with Crippen LogP contribution in [0.25, 0.3) is 6.08 Å². The van der Waals surface area contributed by atoms with Crippen molar-refractivity contribution in [3.63, 3.8) is 0 Å². The van der Waals surface area contributed by atoms with E-state index in [1.165, 1.54) is 18.8 Å². The first kappa shape index (κ1) is 40.7. The number of methoxy groups -OCH3 is 1. The summed E-state index contributed by atoms with van der Waals surface area (Å²) in [6, 6.07) is 6.51. The Morgan fingerprint density at radius 2 is 1.63 bits per heavy atom. The number of ether oxygens (including phenoxy) is 3. The molecule has 9 heteroatoms. The predicted molar refractivity (Wildman–Crippen MR) is 213 cm³/mol. The normalized spacial score (nSPS) is 38.9. The molecule has 0 spiro atoms. The second-order valence-corrected chi connectivity index (χ2v) is 20.2. The lowest BCUT2D eigenvalue weighted by atomic mass is 9.33. The van der Waals surface area contributed by atoms with Crippen molar-refractivity contribution in [3.05, 3.63) is 47.6 Å². The van der Waals surface area contributed by atoms with Crippen molar-refractivity contribution >= 4 is 41.5 Å². The predicted octanol–water partition coefficient (Wildman–Crippen LogP) is 8.75. The van der Waals surface area contributed by atoms with E-state index in [9.17, 15) is 19.2 Å². The van der Waals surface area contributed by atoms with E-state index in [-0.39, 0.29) is 68.7 Å². The Kier molecular flexibility index (Phi) is 11.0. The Hall–Kier alpha value is -2.91. The monoisotopic (exact) mass is 761 g/mol. The minimum Gasteiger partial charge on any atom is -0.466 e. The minimum atomic E-state index is -0.699. The van der Waals surface area contributed by atoms with Crippen molar-refractivity contribution < 1.29 is 33.4 Å². The zero-order valence-electron chi connectivity index (χ0n) is 34.0. The van der Waals surface area contributed by atoms with Crippen LogP contribution in [0, 0.1) is 50.2 Å². The van der Waals surface area contributed by atoms with Gasteiger partial charge in [0.25, 0.3) is 0 Å². The van der Waals surface area contributed by atoms with E-state index in [0.717, 1.165) is 62.7 Å². The summed E-state index contributed by atoms with van der Waals surface area (Å²) >= 11 is 1.68. The lowest BCUT2D eigenvalue weighted by Gasteiger charge is -2.70. The fourth-order valence-corrected chi connectivity index (χ4v) is 12.7. The number of hydrogen-bond donors (Lipinski definition) is 1. The summed E-state index contributed by atoms with van der Waals surface area (Å²) in [5.41, 5.74) is 6.63. The van der Waals surface area contributed by atoms with Gasteiger partial charge in [-0.25, -0.2) is 4.79 Å². The van der Waals surface area contributed by atoms with Crippen LogP contribution in [0.5, 0.6) is 5.75 Å². The van der Waals surface area contributed by atoms with E-state index >= 15 is 0 Å². The smallest absolute Gasteiger partial charge is 0.330 e. The average Bonchev–Trinajstić information content (AvgIpc) is 3.12. The Morgan fingerprint density at radius 3 is 2.30 bits per heavy atom. The number of carbonyl (C=O) groups is 4. The van der Waals surface area contributed by atoms with Gasteiger partial charge in [0.05, 0.1) is 12.5 Å². The largest absolute Gasteiger partial charge is 0.466 e. The van der Waals surface area contributed by atoms with Crippen LogP contribution >= 0.6 is 11.8 Å². The van der Waals surface area contributed by atoms with Crippen LogP contribution in [-0.4, -0.2) is 55.0 Å². The number of carbonyl (C=O) groups excluding carboxylic acids is 4. The SMILES string of the molecule is COC(=O)/C=C/c1ccc(OC(=O)[C@@]2(C)CC[C@]3(C)CC[C@]4(C)C(=CC(=O)[C@@H]5[C@@]6(C)CC[C@H](OC(=O)[C@@H](N)CCSC)C(C)(C)[C@@H]6CC[C@]54C)[C@H]3C2)cc1. The number of hydrogen-bond acceptors (Lipinski definition) is 9. The topological polar surface area (TPSA) is 122 Å². The van der Waals surface area contributed by atoms with Gasteiger partial charge in [-0.1, -0.05) is 59.2 Å². The van der Waals surface area contributed by atoms with Gasteiger partial charge in [-0.2, -0.15) is 11.8 Å². The number of benzene rings is 1. The van der Waals surface area contributed by atoms with Crippen molar-refractivity contribution in [2.75, 3.05) is 19.1 Å². The molecular weight excluding hydrogens is 699 g/mol. The molecule has 0 bridgehead atoms. The number of ketones is 1. The van der Waals surface area contributed by atoms with Crippen molar-refractivity contribution in [1.29, 1.82) is 0 Å². The van der Waals surface area contributed by atoms with Crippen molar-refractivity contribution in [1.82, 2.24) is 0 Å². The first-order chi connectivity index (χ1) is 25.3. The second kappa shape index (κ2) is 14.5. The molecule has 0 amide bonds. The summed E-state index contributed by atoms with van der Waals surface area (Å²) in [5.74, 6) is 0.736.